The highest BCUT2D eigenvalue weighted by Gasteiger charge is 2.20. The zero-order valence-electron chi connectivity index (χ0n) is 11.3. The number of hydrogen-bond acceptors (Lipinski definition) is 3. The van der Waals surface area contributed by atoms with E-state index >= 15 is 0 Å². The number of aromatic nitrogens is 3. The van der Waals surface area contributed by atoms with Crippen LogP contribution in [0.1, 0.15) is 37.7 Å². The Labute approximate surface area is 118 Å². The van der Waals surface area contributed by atoms with E-state index in [1.807, 2.05) is 29.1 Å². The van der Waals surface area contributed by atoms with Crippen molar-refractivity contribution in [2.45, 2.75) is 32.9 Å². The first-order valence-corrected chi connectivity index (χ1v) is 7.01. The van der Waals surface area contributed by atoms with Gasteiger partial charge in [-0.2, -0.15) is 5.10 Å². The zero-order valence-corrected chi connectivity index (χ0v) is 12.1. The molecule has 2 aromatic rings. The fourth-order valence-electron chi connectivity index (χ4n) is 2.09. The van der Waals surface area contributed by atoms with E-state index in [-0.39, 0.29) is 6.04 Å². The van der Waals surface area contributed by atoms with Crippen LogP contribution in [0.4, 0.5) is 0 Å². The summed E-state index contributed by atoms with van der Waals surface area (Å²) in [6, 6.07) is 5.72. The number of hydrogen-bond donors (Lipinski definition) is 1. The highest BCUT2D eigenvalue weighted by molar-refractivity contribution is 6.31. The average Bonchev–Trinajstić information content (AvgIpc) is 2.89. The molecule has 0 saturated carbocycles. The largest absolute Gasteiger partial charge is 0.304 e. The predicted molar refractivity (Wildman–Crippen MR) is 77.3 cm³/mol. The summed E-state index contributed by atoms with van der Waals surface area (Å²) in [6.07, 6.45) is 4.64. The molecular weight excluding hydrogens is 260 g/mol. The van der Waals surface area contributed by atoms with Crippen molar-refractivity contribution in [3.63, 3.8) is 0 Å². The van der Waals surface area contributed by atoms with Crippen molar-refractivity contribution in [3.05, 3.63) is 47.0 Å². The topological polar surface area (TPSA) is 42.7 Å². The Kier molecular flexibility index (Phi) is 4.93. The Morgan fingerprint density at radius 1 is 1.32 bits per heavy atom. The van der Waals surface area contributed by atoms with Crippen LogP contribution in [0, 0.1) is 0 Å². The first kappa shape index (κ1) is 14.0. The van der Waals surface area contributed by atoms with E-state index in [1.165, 1.54) is 0 Å². The number of nitrogens with zero attached hydrogens (tertiary/aromatic N) is 3. The van der Waals surface area contributed by atoms with Gasteiger partial charge >= 0.3 is 0 Å². The Morgan fingerprint density at radius 2 is 2.16 bits per heavy atom. The summed E-state index contributed by atoms with van der Waals surface area (Å²) in [5, 5.41) is 8.50. The number of rotatable bonds is 6. The van der Waals surface area contributed by atoms with Crippen LogP contribution >= 0.6 is 11.6 Å². The SMILES string of the molecule is CCCNC(c1ncccc1Cl)c1ccnn1CC. The molecule has 4 nitrogen and oxygen atoms in total. The van der Waals surface area contributed by atoms with E-state index in [0.29, 0.717) is 5.02 Å². The molecule has 5 heteroatoms. The van der Waals surface area contributed by atoms with Gasteiger partial charge in [-0.25, -0.2) is 0 Å². The summed E-state index contributed by atoms with van der Waals surface area (Å²) < 4.78 is 1.97. The van der Waals surface area contributed by atoms with E-state index in [1.54, 1.807) is 6.20 Å². The summed E-state index contributed by atoms with van der Waals surface area (Å²) in [7, 11) is 0. The molecule has 0 aliphatic rings. The lowest BCUT2D eigenvalue weighted by Crippen LogP contribution is -2.26. The molecule has 0 radical (unpaired) electrons. The molecule has 0 fully saturated rings. The first-order chi connectivity index (χ1) is 9.27. The summed E-state index contributed by atoms with van der Waals surface area (Å²) >= 11 is 6.28. The normalized spacial score (nSPS) is 12.6. The van der Waals surface area contributed by atoms with Gasteiger partial charge in [0.1, 0.15) is 0 Å². The van der Waals surface area contributed by atoms with Crippen LogP contribution in [0.3, 0.4) is 0 Å². The monoisotopic (exact) mass is 278 g/mol. The lowest BCUT2D eigenvalue weighted by molar-refractivity contribution is 0.522. The van der Waals surface area contributed by atoms with Gasteiger partial charge in [-0.15, -0.1) is 0 Å². The Morgan fingerprint density at radius 3 is 2.84 bits per heavy atom. The molecule has 1 unspecified atom stereocenters. The molecular formula is C14H19ClN4. The maximum Gasteiger partial charge on any atom is 0.0937 e. The second-order valence-corrected chi connectivity index (χ2v) is 4.74. The molecule has 0 aliphatic heterocycles. The minimum absolute atomic E-state index is 0.0175. The van der Waals surface area contributed by atoms with Crippen molar-refractivity contribution in [2.75, 3.05) is 6.54 Å². The first-order valence-electron chi connectivity index (χ1n) is 6.63. The third-order valence-electron chi connectivity index (χ3n) is 3.00. The quantitative estimate of drug-likeness (QED) is 0.883. The molecule has 0 saturated heterocycles. The maximum atomic E-state index is 6.28. The standard InChI is InChI=1S/C14H19ClN4/c1-3-8-16-14(12-7-10-18-19(12)4-2)13-11(15)6-5-9-17-13/h5-7,9-10,14,16H,3-4,8H2,1-2H3. The molecule has 2 heterocycles. The molecule has 1 atom stereocenters. The van der Waals surface area contributed by atoms with Gasteiger partial charge in [0, 0.05) is 18.9 Å². The molecule has 0 aromatic carbocycles. The van der Waals surface area contributed by atoms with Crippen LogP contribution in [0.5, 0.6) is 0 Å². The second kappa shape index (κ2) is 6.68. The summed E-state index contributed by atoms with van der Waals surface area (Å²) in [5.74, 6) is 0. The van der Waals surface area contributed by atoms with Crippen LogP contribution in [0.2, 0.25) is 5.02 Å². The van der Waals surface area contributed by atoms with Gasteiger partial charge in [-0.3, -0.25) is 9.67 Å². The number of nitrogens with one attached hydrogen (secondary N) is 1. The van der Waals surface area contributed by atoms with Gasteiger partial charge in [0.05, 0.1) is 22.5 Å². The molecule has 0 spiro atoms. The summed E-state index contributed by atoms with van der Waals surface area (Å²) in [6.45, 7) is 5.96. The van der Waals surface area contributed by atoms with Gasteiger partial charge < -0.3 is 5.32 Å². The van der Waals surface area contributed by atoms with Crippen LogP contribution in [-0.2, 0) is 6.54 Å². The lowest BCUT2D eigenvalue weighted by Gasteiger charge is -2.20. The van der Waals surface area contributed by atoms with E-state index in [9.17, 15) is 0 Å². The van der Waals surface area contributed by atoms with Crippen LogP contribution in [0.25, 0.3) is 0 Å². The summed E-state index contributed by atoms with van der Waals surface area (Å²) in [4.78, 5) is 4.43. The molecule has 2 aromatic heterocycles. The molecule has 2 rings (SSSR count). The number of pyridine rings is 1. The van der Waals surface area contributed by atoms with Crippen molar-refractivity contribution < 1.29 is 0 Å². The third kappa shape index (κ3) is 3.14. The van der Waals surface area contributed by atoms with Crippen molar-refractivity contribution in [1.82, 2.24) is 20.1 Å². The molecule has 0 bridgehead atoms. The molecule has 102 valence electrons. The summed E-state index contributed by atoms with van der Waals surface area (Å²) in [5.41, 5.74) is 1.95. The number of halogens is 1. The molecule has 1 N–H and O–H groups in total. The number of aryl methyl sites for hydroxylation is 1. The van der Waals surface area contributed by atoms with Crippen molar-refractivity contribution in [1.29, 1.82) is 0 Å². The smallest absolute Gasteiger partial charge is 0.0937 e. The Balaban J connectivity index is 2.39. The van der Waals surface area contributed by atoms with E-state index < -0.39 is 0 Å². The Bertz CT molecular complexity index is 524. The van der Waals surface area contributed by atoms with Gasteiger partial charge in [-0.1, -0.05) is 18.5 Å². The predicted octanol–water partition coefficient (Wildman–Crippen LogP) is 3.04. The maximum absolute atomic E-state index is 6.28. The van der Waals surface area contributed by atoms with Gasteiger partial charge in [0.2, 0.25) is 0 Å². The minimum Gasteiger partial charge on any atom is -0.304 e. The highest BCUT2D eigenvalue weighted by atomic mass is 35.5. The third-order valence-corrected chi connectivity index (χ3v) is 3.32. The van der Waals surface area contributed by atoms with Crippen LogP contribution in [0.15, 0.2) is 30.6 Å². The highest BCUT2D eigenvalue weighted by Crippen LogP contribution is 2.26. The van der Waals surface area contributed by atoms with E-state index in [0.717, 1.165) is 30.9 Å². The van der Waals surface area contributed by atoms with Crippen LogP contribution in [-0.4, -0.2) is 21.3 Å². The van der Waals surface area contributed by atoms with Crippen LogP contribution < -0.4 is 5.32 Å². The van der Waals surface area contributed by atoms with E-state index in [4.69, 9.17) is 11.6 Å². The Hall–Kier alpha value is -1.39. The molecule has 0 amide bonds. The fourth-order valence-corrected chi connectivity index (χ4v) is 2.32. The second-order valence-electron chi connectivity index (χ2n) is 4.33. The minimum atomic E-state index is -0.0175. The van der Waals surface area contributed by atoms with E-state index in [2.05, 4.69) is 29.2 Å². The van der Waals surface area contributed by atoms with Gasteiger partial charge in [0.15, 0.2) is 0 Å². The average molecular weight is 279 g/mol. The fraction of sp³-hybridized carbons (Fsp3) is 0.429. The van der Waals surface area contributed by atoms with Gasteiger partial charge in [-0.05, 0) is 38.1 Å². The van der Waals surface area contributed by atoms with Crippen molar-refractivity contribution >= 4 is 11.6 Å². The van der Waals surface area contributed by atoms with Crippen molar-refractivity contribution in [2.24, 2.45) is 0 Å². The zero-order chi connectivity index (χ0) is 13.7. The molecule has 19 heavy (non-hydrogen) atoms. The van der Waals surface area contributed by atoms with Crippen molar-refractivity contribution in [3.8, 4) is 0 Å². The lowest BCUT2D eigenvalue weighted by atomic mass is 10.1. The molecule has 0 aliphatic carbocycles. The van der Waals surface area contributed by atoms with Gasteiger partial charge in [0.25, 0.3) is 0 Å².